The highest BCUT2D eigenvalue weighted by atomic mass is 16.1. The van der Waals surface area contributed by atoms with E-state index in [9.17, 15) is 4.79 Å². The van der Waals surface area contributed by atoms with Crippen LogP contribution in [0.4, 0.5) is 0 Å². The standard InChI is InChI=1S/C12H13N3O/c1-9-14-11(12(8-16)15-9)6-5-10-4-2-3-7-13-10/h2-4,7-8H,5-6H2,1H3,(H,14,15). The average molecular weight is 215 g/mol. The molecule has 0 aliphatic heterocycles. The highest BCUT2D eigenvalue weighted by Crippen LogP contribution is 2.07. The van der Waals surface area contributed by atoms with Crippen LogP contribution in [0, 0.1) is 6.92 Å². The van der Waals surface area contributed by atoms with Crippen LogP contribution in [0.25, 0.3) is 0 Å². The Kier molecular flexibility index (Phi) is 3.10. The number of pyridine rings is 1. The molecule has 1 N–H and O–H groups in total. The van der Waals surface area contributed by atoms with Crippen molar-refractivity contribution in [2.75, 3.05) is 0 Å². The van der Waals surface area contributed by atoms with Gasteiger partial charge in [0.1, 0.15) is 11.5 Å². The summed E-state index contributed by atoms with van der Waals surface area (Å²) in [4.78, 5) is 22.2. The minimum absolute atomic E-state index is 0.508. The first-order chi connectivity index (χ1) is 7.79. The zero-order valence-corrected chi connectivity index (χ0v) is 9.10. The zero-order valence-electron chi connectivity index (χ0n) is 9.10. The lowest BCUT2D eigenvalue weighted by atomic mass is 10.1. The van der Waals surface area contributed by atoms with Crippen molar-refractivity contribution in [1.82, 2.24) is 15.0 Å². The van der Waals surface area contributed by atoms with Gasteiger partial charge in [-0.15, -0.1) is 0 Å². The molecule has 4 heteroatoms. The van der Waals surface area contributed by atoms with Crippen molar-refractivity contribution in [3.05, 3.63) is 47.3 Å². The zero-order chi connectivity index (χ0) is 11.4. The molecule has 0 amide bonds. The van der Waals surface area contributed by atoms with Gasteiger partial charge in [-0.2, -0.15) is 0 Å². The van der Waals surface area contributed by atoms with Gasteiger partial charge in [-0.3, -0.25) is 9.78 Å². The van der Waals surface area contributed by atoms with Crippen molar-refractivity contribution >= 4 is 6.29 Å². The number of hydrogen-bond donors (Lipinski definition) is 1. The number of carbonyl (C=O) groups is 1. The van der Waals surface area contributed by atoms with Gasteiger partial charge in [0, 0.05) is 17.6 Å². The first-order valence-corrected chi connectivity index (χ1v) is 5.20. The molecule has 2 aromatic heterocycles. The molecule has 0 aliphatic carbocycles. The second-order valence-corrected chi connectivity index (χ2v) is 3.62. The summed E-state index contributed by atoms with van der Waals surface area (Å²) < 4.78 is 0. The lowest BCUT2D eigenvalue weighted by Gasteiger charge is -1.98. The van der Waals surface area contributed by atoms with E-state index in [-0.39, 0.29) is 0 Å². The molecule has 0 spiro atoms. The minimum Gasteiger partial charge on any atom is -0.345 e. The molecular formula is C12H13N3O. The molecule has 0 fully saturated rings. The maximum Gasteiger partial charge on any atom is 0.170 e. The number of nitrogens with one attached hydrogen (secondary N) is 1. The van der Waals surface area contributed by atoms with Crippen molar-refractivity contribution in [2.45, 2.75) is 19.8 Å². The number of aldehydes is 1. The molecule has 16 heavy (non-hydrogen) atoms. The van der Waals surface area contributed by atoms with Crippen LogP contribution in [0.3, 0.4) is 0 Å². The number of aromatic nitrogens is 3. The fourth-order valence-corrected chi connectivity index (χ4v) is 1.65. The van der Waals surface area contributed by atoms with Crippen LogP contribution >= 0.6 is 0 Å². The van der Waals surface area contributed by atoms with E-state index in [1.807, 2.05) is 25.1 Å². The Balaban J connectivity index is 2.07. The second kappa shape index (κ2) is 4.70. The van der Waals surface area contributed by atoms with E-state index in [4.69, 9.17) is 0 Å². The molecule has 82 valence electrons. The van der Waals surface area contributed by atoms with Crippen LogP contribution in [-0.2, 0) is 12.8 Å². The van der Waals surface area contributed by atoms with Gasteiger partial charge in [0.2, 0.25) is 0 Å². The molecule has 0 aliphatic rings. The lowest BCUT2D eigenvalue weighted by molar-refractivity contribution is 0.111. The van der Waals surface area contributed by atoms with Gasteiger partial charge in [0.25, 0.3) is 0 Å². The van der Waals surface area contributed by atoms with Crippen LogP contribution in [-0.4, -0.2) is 21.2 Å². The molecule has 0 bridgehead atoms. The van der Waals surface area contributed by atoms with Gasteiger partial charge in [0.15, 0.2) is 6.29 Å². The number of rotatable bonds is 4. The lowest BCUT2D eigenvalue weighted by Crippen LogP contribution is -1.97. The molecule has 4 nitrogen and oxygen atoms in total. The van der Waals surface area contributed by atoms with E-state index in [0.717, 1.165) is 36.3 Å². The topological polar surface area (TPSA) is 58.6 Å². The summed E-state index contributed by atoms with van der Waals surface area (Å²) in [7, 11) is 0. The van der Waals surface area contributed by atoms with Gasteiger partial charge in [-0.25, -0.2) is 4.98 Å². The highest BCUT2D eigenvalue weighted by Gasteiger charge is 2.07. The van der Waals surface area contributed by atoms with Crippen molar-refractivity contribution in [1.29, 1.82) is 0 Å². The Bertz CT molecular complexity index is 476. The first-order valence-electron chi connectivity index (χ1n) is 5.20. The van der Waals surface area contributed by atoms with Gasteiger partial charge < -0.3 is 4.98 Å². The van der Waals surface area contributed by atoms with Crippen LogP contribution in [0.5, 0.6) is 0 Å². The summed E-state index contributed by atoms with van der Waals surface area (Å²) in [6.07, 6.45) is 4.13. The predicted molar refractivity (Wildman–Crippen MR) is 60.4 cm³/mol. The van der Waals surface area contributed by atoms with E-state index < -0.39 is 0 Å². The van der Waals surface area contributed by atoms with E-state index in [1.165, 1.54) is 0 Å². The fraction of sp³-hybridized carbons (Fsp3) is 0.250. The SMILES string of the molecule is Cc1nc(C=O)c(CCc2ccccn2)[nH]1. The van der Waals surface area contributed by atoms with E-state index in [1.54, 1.807) is 6.20 Å². The number of hydrogen-bond acceptors (Lipinski definition) is 3. The molecule has 0 radical (unpaired) electrons. The largest absolute Gasteiger partial charge is 0.345 e. The van der Waals surface area contributed by atoms with E-state index >= 15 is 0 Å². The molecule has 0 saturated carbocycles. The quantitative estimate of drug-likeness (QED) is 0.790. The number of imidazole rings is 1. The maximum absolute atomic E-state index is 10.8. The Hall–Kier alpha value is -1.97. The summed E-state index contributed by atoms with van der Waals surface area (Å²) in [5.74, 6) is 0.776. The third-order valence-electron chi connectivity index (χ3n) is 2.40. The normalized spacial score (nSPS) is 10.3. The Morgan fingerprint density at radius 3 is 2.94 bits per heavy atom. The molecule has 2 heterocycles. The van der Waals surface area contributed by atoms with Crippen molar-refractivity contribution in [3.8, 4) is 0 Å². The number of carbonyl (C=O) groups excluding carboxylic acids is 1. The monoisotopic (exact) mass is 215 g/mol. The third-order valence-corrected chi connectivity index (χ3v) is 2.40. The van der Waals surface area contributed by atoms with Gasteiger partial charge in [-0.1, -0.05) is 6.07 Å². The predicted octanol–water partition coefficient (Wildman–Crippen LogP) is 1.71. The molecule has 0 atom stereocenters. The maximum atomic E-state index is 10.8. The van der Waals surface area contributed by atoms with Crippen molar-refractivity contribution in [3.63, 3.8) is 0 Å². The second-order valence-electron chi connectivity index (χ2n) is 3.62. The summed E-state index contributed by atoms with van der Waals surface area (Å²) in [5.41, 5.74) is 2.41. The molecule has 2 aromatic rings. The van der Waals surface area contributed by atoms with Gasteiger partial charge in [0.05, 0.1) is 0 Å². The van der Waals surface area contributed by atoms with Crippen LogP contribution in [0.1, 0.15) is 27.7 Å². The number of nitrogens with zero attached hydrogens (tertiary/aromatic N) is 2. The fourth-order valence-electron chi connectivity index (χ4n) is 1.65. The number of aromatic amines is 1. The van der Waals surface area contributed by atoms with Crippen LogP contribution in [0.2, 0.25) is 0 Å². The molecular weight excluding hydrogens is 202 g/mol. The summed E-state index contributed by atoms with van der Waals surface area (Å²) >= 11 is 0. The van der Waals surface area contributed by atoms with Crippen LogP contribution in [0.15, 0.2) is 24.4 Å². The number of aryl methyl sites for hydroxylation is 3. The first kappa shape index (κ1) is 10.5. The molecule has 0 saturated heterocycles. The number of H-pyrrole nitrogens is 1. The van der Waals surface area contributed by atoms with Crippen molar-refractivity contribution in [2.24, 2.45) is 0 Å². The third kappa shape index (κ3) is 2.34. The van der Waals surface area contributed by atoms with Gasteiger partial charge in [-0.05, 0) is 31.9 Å². The Morgan fingerprint density at radius 1 is 1.38 bits per heavy atom. The molecule has 2 rings (SSSR count). The summed E-state index contributed by atoms with van der Waals surface area (Å²) in [6, 6.07) is 5.83. The van der Waals surface area contributed by atoms with Crippen molar-refractivity contribution < 1.29 is 4.79 Å². The minimum atomic E-state index is 0.508. The van der Waals surface area contributed by atoms with Crippen LogP contribution < -0.4 is 0 Å². The average Bonchev–Trinajstić information content (AvgIpc) is 2.68. The summed E-state index contributed by atoms with van der Waals surface area (Å²) in [6.45, 7) is 1.84. The van der Waals surface area contributed by atoms with Gasteiger partial charge >= 0.3 is 0 Å². The van der Waals surface area contributed by atoms with E-state index in [2.05, 4.69) is 15.0 Å². The highest BCUT2D eigenvalue weighted by molar-refractivity contribution is 5.73. The molecule has 0 unspecified atom stereocenters. The smallest absolute Gasteiger partial charge is 0.170 e. The Labute approximate surface area is 93.8 Å². The molecule has 0 aromatic carbocycles. The Morgan fingerprint density at radius 2 is 2.25 bits per heavy atom. The summed E-state index contributed by atoms with van der Waals surface area (Å²) in [5, 5.41) is 0. The van der Waals surface area contributed by atoms with E-state index in [0.29, 0.717) is 5.69 Å².